The Morgan fingerprint density at radius 3 is 2.66 bits per heavy atom. The smallest absolute Gasteiger partial charge is 0.238 e. The van der Waals surface area contributed by atoms with Crippen molar-refractivity contribution < 1.29 is 9.59 Å². The van der Waals surface area contributed by atoms with Crippen LogP contribution in [0.1, 0.15) is 57.0 Å². The van der Waals surface area contributed by atoms with Gasteiger partial charge >= 0.3 is 0 Å². The highest BCUT2D eigenvalue weighted by molar-refractivity contribution is 8.00. The second kappa shape index (κ2) is 9.04. The number of para-hydroxylation sites is 1. The minimum Gasteiger partial charge on any atom is -0.326 e. The summed E-state index contributed by atoms with van der Waals surface area (Å²) < 4.78 is 0. The Kier molecular flexibility index (Phi) is 6.68. The summed E-state index contributed by atoms with van der Waals surface area (Å²) in [7, 11) is 0. The number of hydrogen-bond acceptors (Lipinski definition) is 3. The first-order chi connectivity index (χ1) is 13.8. The van der Waals surface area contributed by atoms with Gasteiger partial charge in [0.2, 0.25) is 11.8 Å². The van der Waals surface area contributed by atoms with Crippen LogP contribution in [0.15, 0.2) is 48.5 Å². The number of carbonyl (C=O) groups is 2. The van der Waals surface area contributed by atoms with Gasteiger partial charge in [0.15, 0.2) is 0 Å². The zero-order chi connectivity index (χ0) is 21.0. The van der Waals surface area contributed by atoms with Crippen LogP contribution in [0.5, 0.6) is 0 Å². The molecule has 0 unspecified atom stereocenters. The average Bonchev–Trinajstić information content (AvgIpc) is 3.02. The molecular weight excluding hydrogens is 380 g/mol. The fourth-order valence-electron chi connectivity index (χ4n) is 3.61. The molecule has 1 N–H and O–H groups in total. The third-order valence-corrected chi connectivity index (χ3v) is 6.00. The van der Waals surface area contributed by atoms with E-state index in [0.717, 1.165) is 29.8 Å². The molecule has 1 aliphatic rings. The van der Waals surface area contributed by atoms with Crippen molar-refractivity contribution in [2.75, 3.05) is 16.0 Å². The van der Waals surface area contributed by atoms with Crippen molar-refractivity contribution in [3.05, 3.63) is 59.7 Å². The molecule has 0 aliphatic carbocycles. The predicted molar refractivity (Wildman–Crippen MR) is 122 cm³/mol. The van der Waals surface area contributed by atoms with Gasteiger partial charge in [0.25, 0.3) is 0 Å². The number of anilines is 2. The van der Waals surface area contributed by atoms with Crippen LogP contribution in [-0.4, -0.2) is 17.6 Å². The van der Waals surface area contributed by atoms with Crippen LogP contribution in [0.2, 0.25) is 0 Å². The van der Waals surface area contributed by atoms with Crippen LogP contribution in [0.3, 0.4) is 0 Å². The molecule has 1 saturated heterocycles. The van der Waals surface area contributed by atoms with E-state index in [9.17, 15) is 9.59 Å². The number of nitrogens with zero attached hydrogens (tertiary/aromatic N) is 1. The molecule has 1 aliphatic heterocycles. The van der Waals surface area contributed by atoms with Gasteiger partial charge in [-0.15, -0.1) is 11.8 Å². The molecule has 1 atom stereocenters. The van der Waals surface area contributed by atoms with Gasteiger partial charge in [-0.2, -0.15) is 0 Å². The topological polar surface area (TPSA) is 49.4 Å². The summed E-state index contributed by atoms with van der Waals surface area (Å²) in [5.41, 5.74) is 3.94. The third kappa shape index (κ3) is 5.41. The number of hydrogen-bond donors (Lipinski definition) is 1. The Morgan fingerprint density at radius 1 is 1.17 bits per heavy atom. The first-order valence-corrected chi connectivity index (χ1v) is 11.2. The molecule has 154 valence electrons. The number of rotatable bonds is 6. The van der Waals surface area contributed by atoms with Crippen LogP contribution >= 0.6 is 11.8 Å². The standard InChI is InChI=1S/C24H30N2O2S/c1-5-9-17-10-6-7-13-20(17)26-22(28)16-29-23(26)18-11-8-12-19(14-18)25-21(27)15-24(2,3)4/h6-8,10-14,23H,5,9,15-16H2,1-4H3,(H,25,27)/t23-/m0/s1. The minimum atomic E-state index is -0.0834. The second-order valence-electron chi connectivity index (χ2n) is 8.72. The van der Waals surface area contributed by atoms with Crippen LogP contribution < -0.4 is 10.2 Å². The van der Waals surface area contributed by atoms with Crippen molar-refractivity contribution >= 4 is 35.0 Å². The van der Waals surface area contributed by atoms with E-state index < -0.39 is 0 Å². The zero-order valence-corrected chi connectivity index (χ0v) is 18.5. The molecule has 4 nitrogen and oxygen atoms in total. The van der Waals surface area contributed by atoms with E-state index in [1.165, 1.54) is 5.56 Å². The largest absolute Gasteiger partial charge is 0.326 e. The molecule has 0 saturated carbocycles. The third-order valence-electron chi connectivity index (χ3n) is 4.78. The Balaban J connectivity index is 1.86. The second-order valence-corrected chi connectivity index (χ2v) is 9.79. The number of amides is 2. The molecule has 0 bridgehead atoms. The Bertz CT molecular complexity index is 888. The van der Waals surface area contributed by atoms with E-state index in [1.54, 1.807) is 11.8 Å². The fourth-order valence-corrected chi connectivity index (χ4v) is 4.77. The van der Waals surface area contributed by atoms with E-state index in [0.29, 0.717) is 12.2 Å². The van der Waals surface area contributed by atoms with Gasteiger partial charge < -0.3 is 5.32 Å². The minimum absolute atomic E-state index is 0.00921. The van der Waals surface area contributed by atoms with Gasteiger partial charge in [-0.05, 0) is 41.2 Å². The fraction of sp³-hybridized carbons (Fsp3) is 0.417. The molecule has 0 radical (unpaired) electrons. The van der Waals surface area contributed by atoms with Crippen molar-refractivity contribution in [1.29, 1.82) is 0 Å². The van der Waals surface area contributed by atoms with Gasteiger partial charge in [-0.1, -0.05) is 64.4 Å². The number of nitrogens with one attached hydrogen (secondary N) is 1. The SMILES string of the molecule is CCCc1ccccc1N1C(=O)CS[C@H]1c1cccc(NC(=O)CC(C)(C)C)c1. The lowest BCUT2D eigenvalue weighted by molar-refractivity contribution is -0.118. The summed E-state index contributed by atoms with van der Waals surface area (Å²) in [6.07, 6.45) is 2.44. The molecule has 2 aromatic rings. The summed E-state index contributed by atoms with van der Waals surface area (Å²) >= 11 is 1.63. The van der Waals surface area contributed by atoms with Crippen molar-refractivity contribution in [3.8, 4) is 0 Å². The van der Waals surface area contributed by atoms with Crippen LogP contribution in [0, 0.1) is 5.41 Å². The highest BCUT2D eigenvalue weighted by Gasteiger charge is 2.35. The van der Waals surface area contributed by atoms with Gasteiger partial charge in [-0.3, -0.25) is 14.5 Å². The molecule has 1 heterocycles. The lowest BCUT2D eigenvalue weighted by atomic mass is 9.92. The first kappa shape index (κ1) is 21.4. The predicted octanol–water partition coefficient (Wildman–Crippen LogP) is 5.79. The first-order valence-electron chi connectivity index (χ1n) is 10.2. The lowest BCUT2D eigenvalue weighted by Gasteiger charge is -2.27. The van der Waals surface area contributed by atoms with E-state index >= 15 is 0 Å². The highest BCUT2D eigenvalue weighted by Crippen LogP contribution is 2.43. The monoisotopic (exact) mass is 410 g/mol. The molecule has 29 heavy (non-hydrogen) atoms. The molecule has 2 amide bonds. The maximum Gasteiger partial charge on any atom is 0.238 e. The van der Waals surface area contributed by atoms with E-state index in [4.69, 9.17) is 0 Å². The molecule has 0 spiro atoms. The Labute approximate surface area is 178 Å². The summed E-state index contributed by atoms with van der Waals surface area (Å²) in [6, 6.07) is 16.0. The van der Waals surface area contributed by atoms with E-state index in [-0.39, 0.29) is 22.6 Å². The quantitative estimate of drug-likeness (QED) is 0.655. The summed E-state index contributed by atoms with van der Waals surface area (Å²) in [4.78, 5) is 27.0. The average molecular weight is 411 g/mol. The van der Waals surface area contributed by atoms with Crippen molar-refractivity contribution in [2.45, 2.75) is 52.3 Å². The maximum atomic E-state index is 12.8. The Hall–Kier alpha value is -2.27. The highest BCUT2D eigenvalue weighted by atomic mass is 32.2. The lowest BCUT2D eigenvalue weighted by Crippen LogP contribution is -2.29. The van der Waals surface area contributed by atoms with Crippen molar-refractivity contribution in [3.63, 3.8) is 0 Å². The van der Waals surface area contributed by atoms with Crippen LogP contribution in [-0.2, 0) is 16.0 Å². The summed E-state index contributed by atoms with van der Waals surface area (Å²) in [5.74, 6) is 0.604. The van der Waals surface area contributed by atoms with E-state index in [1.807, 2.05) is 47.4 Å². The van der Waals surface area contributed by atoms with Crippen LogP contribution in [0.4, 0.5) is 11.4 Å². The number of carbonyl (C=O) groups excluding carboxylic acids is 2. The molecular formula is C24H30N2O2S. The van der Waals surface area contributed by atoms with E-state index in [2.05, 4.69) is 39.1 Å². The van der Waals surface area contributed by atoms with Gasteiger partial charge in [0.1, 0.15) is 5.37 Å². The maximum absolute atomic E-state index is 12.8. The number of benzene rings is 2. The van der Waals surface area contributed by atoms with Gasteiger partial charge in [0.05, 0.1) is 5.75 Å². The van der Waals surface area contributed by atoms with Crippen molar-refractivity contribution in [1.82, 2.24) is 0 Å². The zero-order valence-electron chi connectivity index (χ0n) is 17.7. The molecule has 0 aromatic heterocycles. The summed E-state index contributed by atoms with van der Waals surface area (Å²) in [6.45, 7) is 8.30. The molecule has 5 heteroatoms. The van der Waals surface area contributed by atoms with Gasteiger partial charge in [0, 0.05) is 17.8 Å². The summed E-state index contributed by atoms with van der Waals surface area (Å²) in [5, 5.41) is 2.92. The molecule has 3 rings (SSSR count). The van der Waals surface area contributed by atoms with Crippen molar-refractivity contribution in [2.24, 2.45) is 5.41 Å². The number of thioether (sulfide) groups is 1. The van der Waals surface area contributed by atoms with Gasteiger partial charge in [-0.25, -0.2) is 0 Å². The normalized spacial score (nSPS) is 16.9. The number of aryl methyl sites for hydroxylation is 1. The Morgan fingerprint density at radius 2 is 1.93 bits per heavy atom. The molecule has 2 aromatic carbocycles. The van der Waals surface area contributed by atoms with Crippen LogP contribution in [0.25, 0.3) is 0 Å². The molecule has 1 fully saturated rings.